The van der Waals surface area contributed by atoms with Crippen molar-refractivity contribution in [1.82, 2.24) is 9.29 Å². The molecule has 2 aromatic rings. The monoisotopic (exact) mass is 479 g/mol. The molecule has 0 saturated carbocycles. The van der Waals surface area contributed by atoms with Gasteiger partial charge < -0.3 is 15.0 Å². The molecule has 0 spiro atoms. The van der Waals surface area contributed by atoms with Gasteiger partial charge in [-0.05, 0) is 58.1 Å². The Morgan fingerprint density at radius 2 is 2.03 bits per heavy atom. The zero-order valence-corrected chi connectivity index (χ0v) is 20.4. The molecule has 1 atom stereocenters. The van der Waals surface area contributed by atoms with E-state index in [1.165, 1.54) is 4.31 Å². The van der Waals surface area contributed by atoms with Crippen LogP contribution in [-0.4, -0.2) is 55.5 Å². The van der Waals surface area contributed by atoms with Crippen molar-refractivity contribution in [1.29, 1.82) is 0 Å². The lowest BCUT2D eigenvalue weighted by Crippen LogP contribution is -2.44. The van der Waals surface area contributed by atoms with Gasteiger partial charge in [0.1, 0.15) is 10.5 Å². The molecule has 8 nitrogen and oxygen atoms in total. The van der Waals surface area contributed by atoms with Gasteiger partial charge in [-0.3, -0.25) is 4.79 Å². The Hall–Kier alpha value is -2.30. The van der Waals surface area contributed by atoms with Gasteiger partial charge in [0.05, 0.1) is 12.5 Å². The number of amides is 1. The second-order valence-corrected chi connectivity index (χ2v) is 10.5. The van der Waals surface area contributed by atoms with Gasteiger partial charge in [-0.15, -0.1) is 11.8 Å². The quantitative estimate of drug-likeness (QED) is 0.464. The topological polar surface area (TPSA) is 109 Å². The summed E-state index contributed by atoms with van der Waals surface area (Å²) in [5, 5.41) is 2.91. The van der Waals surface area contributed by atoms with Gasteiger partial charge in [0.2, 0.25) is 15.9 Å². The first kappa shape index (κ1) is 24.3. The molecule has 10 heteroatoms. The maximum Gasteiger partial charge on any atom is 0.341 e. The van der Waals surface area contributed by atoms with Gasteiger partial charge in [0.25, 0.3) is 0 Å². The number of rotatable bonds is 7. The number of aromatic nitrogens is 1. The number of aryl methyl sites for hydroxylation is 2. The van der Waals surface area contributed by atoms with Crippen LogP contribution < -0.4 is 5.32 Å². The number of benzene rings is 1. The molecular formula is C22H29N3O5S2. The number of nitrogens with zero attached hydrogens (tertiary/aromatic N) is 1. The fourth-order valence-corrected chi connectivity index (χ4v) is 6.37. The summed E-state index contributed by atoms with van der Waals surface area (Å²) in [4.78, 5) is 29.3. The second kappa shape index (κ2) is 10.1. The van der Waals surface area contributed by atoms with Crippen molar-refractivity contribution in [2.24, 2.45) is 5.92 Å². The van der Waals surface area contributed by atoms with Crippen molar-refractivity contribution in [3.8, 4) is 0 Å². The highest BCUT2D eigenvalue weighted by Crippen LogP contribution is 2.31. The molecule has 1 aromatic heterocycles. The van der Waals surface area contributed by atoms with Crippen LogP contribution in [0.2, 0.25) is 0 Å². The third-order valence-electron chi connectivity index (χ3n) is 5.49. The first-order valence-corrected chi connectivity index (χ1v) is 13.2. The van der Waals surface area contributed by atoms with E-state index in [-0.39, 0.29) is 29.5 Å². The van der Waals surface area contributed by atoms with Crippen LogP contribution in [0.5, 0.6) is 0 Å². The highest BCUT2D eigenvalue weighted by molar-refractivity contribution is 7.98. The summed E-state index contributed by atoms with van der Waals surface area (Å²) >= 11 is 1.58. The number of nitrogens with one attached hydrogen (secondary N) is 2. The fourth-order valence-electron chi connectivity index (χ4n) is 3.98. The number of aromatic amines is 1. The second-order valence-electron chi connectivity index (χ2n) is 7.72. The molecule has 0 radical (unpaired) electrons. The molecule has 1 aliphatic rings. The minimum Gasteiger partial charge on any atom is -0.462 e. The molecule has 174 valence electrons. The lowest BCUT2D eigenvalue weighted by atomic mass is 9.99. The Morgan fingerprint density at radius 3 is 2.72 bits per heavy atom. The van der Waals surface area contributed by atoms with Crippen molar-refractivity contribution in [2.75, 3.05) is 31.3 Å². The largest absolute Gasteiger partial charge is 0.462 e. The molecule has 32 heavy (non-hydrogen) atoms. The predicted molar refractivity (Wildman–Crippen MR) is 125 cm³/mol. The molecule has 1 saturated heterocycles. The number of ether oxygens (including phenoxy) is 1. The fraction of sp³-hybridized carbons (Fsp3) is 0.455. The number of thioether (sulfide) groups is 1. The van der Waals surface area contributed by atoms with Crippen LogP contribution in [-0.2, 0) is 19.6 Å². The van der Waals surface area contributed by atoms with Crippen LogP contribution in [0.3, 0.4) is 0 Å². The van der Waals surface area contributed by atoms with Gasteiger partial charge in [0, 0.05) is 35.1 Å². The van der Waals surface area contributed by atoms with Crippen LogP contribution in [0.15, 0.2) is 34.1 Å². The van der Waals surface area contributed by atoms with Crippen molar-refractivity contribution < 1.29 is 22.7 Å². The van der Waals surface area contributed by atoms with E-state index in [0.717, 1.165) is 4.90 Å². The molecule has 1 fully saturated rings. The molecule has 1 amide bonds. The van der Waals surface area contributed by atoms with Gasteiger partial charge in [-0.2, -0.15) is 4.31 Å². The molecule has 1 unspecified atom stereocenters. The number of anilines is 1. The van der Waals surface area contributed by atoms with Crippen LogP contribution in [0.1, 0.15) is 41.5 Å². The Kier molecular flexibility index (Phi) is 7.68. The van der Waals surface area contributed by atoms with Gasteiger partial charge in [-0.1, -0.05) is 6.07 Å². The van der Waals surface area contributed by atoms with E-state index >= 15 is 0 Å². The number of hydrogen-bond acceptors (Lipinski definition) is 6. The smallest absolute Gasteiger partial charge is 0.341 e. The SMILES string of the molecule is CCOC(=O)c1c(C)[nH]c(C)c1S(=O)(=O)N1CCCC(C(=O)Nc2cccc(SC)c2)C1. The first-order valence-electron chi connectivity index (χ1n) is 10.5. The Bertz CT molecular complexity index is 1110. The highest BCUT2D eigenvalue weighted by atomic mass is 32.2. The van der Waals surface area contributed by atoms with Crippen molar-refractivity contribution in [2.45, 2.75) is 43.4 Å². The third-order valence-corrected chi connectivity index (χ3v) is 8.25. The van der Waals surface area contributed by atoms with Gasteiger partial charge in [-0.25, -0.2) is 13.2 Å². The minimum atomic E-state index is -4.00. The number of esters is 1. The Morgan fingerprint density at radius 1 is 1.28 bits per heavy atom. The van der Waals surface area contributed by atoms with Crippen LogP contribution >= 0.6 is 11.8 Å². The minimum absolute atomic E-state index is 0.0322. The number of piperidine rings is 1. The van der Waals surface area contributed by atoms with E-state index in [1.54, 1.807) is 32.5 Å². The first-order chi connectivity index (χ1) is 15.2. The predicted octanol–water partition coefficient (Wildman–Crippen LogP) is 3.57. The Labute approximate surface area is 193 Å². The van der Waals surface area contributed by atoms with E-state index in [9.17, 15) is 18.0 Å². The lowest BCUT2D eigenvalue weighted by Gasteiger charge is -2.31. The zero-order valence-electron chi connectivity index (χ0n) is 18.7. The molecule has 3 rings (SSSR count). The van der Waals surface area contributed by atoms with E-state index < -0.39 is 21.9 Å². The van der Waals surface area contributed by atoms with Crippen molar-refractivity contribution in [3.05, 3.63) is 41.2 Å². The molecule has 0 bridgehead atoms. The maximum absolute atomic E-state index is 13.5. The van der Waals surface area contributed by atoms with E-state index in [2.05, 4.69) is 10.3 Å². The van der Waals surface area contributed by atoms with Gasteiger partial charge >= 0.3 is 5.97 Å². The molecule has 1 aromatic carbocycles. The van der Waals surface area contributed by atoms with E-state index in [4.69, 9.17) is 4.74 Å². The molecular weight excluding hydrogens is 450 g/mol. The third kappa shape index (κ3) is 5.02. The van der Waals surface area contributed by atoms with E-state index in [0.29, 0.717) is 36.5 Å². The standard InChI is InChI=1S/C22H29N3O5S2/c1-5-30-22(27)19-14(2)23-15(3)20(19)32(28,29)25-11-7-8-16(13-25)21(26)24-17-9-6-10-18(12-17)31-4/h6,9-10,12,16,23H,5,7-8,11,13H2,1-4H3,(H,24,26). The Balaban J connectivity index is 1.83. The number of carbonyl (C=O) groups excluding carboxylic acids is 2. The number of hydrogen-bond donors (Lipinski definition) is 2. The maximum atomic E-state index is 13.5. The average Bonchev–Trinajstić information content (AvgIpc) is 3.08. The summed E-state index contributed by atoms with van der Waals surface area (Å²) < 4.78 is 33.4. The summed E-state index contributed by atoms with van der Waals surface area (Å²) in [6.07, 6.45) is 3.11. The number of H-pyrrole nitrogens is 1. The number of sulfonamides is 1. The van der Waals surface area contributed by atoms with Crippen LogP contribution in [0.4, 0.5) is 5.69 Å². The number of carbonyl (C=O) groups is 2. The summed E-state index contributed by atoms with van der Waals surface area (Å²) in [7, 11) is -4.00. The normalized spacial score (nSPS) is 17.2. The summed E-state index contributed by atoms with van der Waals surface area (Å²) in [5.41, 5.74) is 1.54. The highest BCUT2D eigenvalue weighted by Gasteiger charge is 2.38. The van der Waals surface area contributed by atoms with Gasteiger partial charge in [0.15, 0.2) is 0 Å². The molecule has 0 aliphatic carbocycles. The van der Waals surface area contributed by atoms with Crippen LogP contribution in [0, 0.1) is 19.8 Å². The summed E-state index contributed by atoms with van der Waals surface area (Å²) in [6, 6.07) is 7.52. The molecule has 2 N–H and O–H groups in total. The molecule has 1 aliphatic heterocycles. The lowest BCUT2D eigenvalue weighted by molar-refractivity contribution is -0.120. The zero-order chi connectivity index (χ0) is 23.5. The van der Waals surface area contributed by atoms with E-state index in [1.807, 2.05) is 30.5 Å². The summed E-state index contributed by atoms with van der Waals surface area (Å²) in [5.74, 6) is -1.37. The average molecular weight is 480 g/mol. The van der Waals surface area contributed by atoms with Crippen molar-refractivity contribution in [3.63, 3.8) is 0 Å². The van der Waals surface area contributed by atoms with Crippen LogP contribution in [0.25, 0.3) is 0 Å². The van der Waals surface area contributed by atoms with Crippen molar-refractivity contribution >= 4 is 39.3 Å². The molecule has 2 heterocycles. The summed E-state index contributed by atoms with van der Waals surface area (Å²) in [6.45, 7) is 5.43.